The monoisotopic (exact) mass is 972 g/mol. The molecule has 2 amide bonds. The van der Waals surface area contributed by atoms with Crippen LogP contribution in [0.15, 0.2) is 30.5 Å². The number of rotatable bonds is 11. The van der Waals surface area contributed by atoms with Gasteiger partial charge < -0.3 is 59.3 Å². The second-order valence-electron chi connectivity index (χ2n) is 19.4. The molecule has 0 spiro atoms. The fourth-order valence-corrected chi connectivity index (χ4v) is 11.1. The summed E-state index contributed by atoms with van der Waals surface area (Å²) in [4.78, 5) is 61.3. The van der Waals surface area contributed by atoms with E-state index in [-0.39, 0.29) is 18.9 Å². The molecule has 6 aliphatic rings. The van der Waals surface area contributed by atoms with E-state index in [4.69, 9.17) is 29.7 Å². The standard InChI is InChI=1S/C30H36N8O3.C20H29N7O3/c1-20-27(24-8-4-3-6-21(24)16-32-20)36-13-10-25-26(18-36)33-29(41-19-23-7-5-12-35(23)2)34-28(25)37-14-15-38(30(39)40)22(17-37)9-11-31;1-25-8-2-3-15(25)13-30-19-23-17-11-22-7-5-16(17)18(24-19)26-9-10-27(20(28)29)14(12-26)4-6-21/h3-4,6,8,16,22-23H,5,7,9-10,12-15,17-19H2,1-2H3,(H,39,40);14-15,22H,2-5,7-13H2,1H3,(H,28,29)/t22-,23-;14-,15-/m00/s1. The highest BCUT2D eigenvalue weighted by Crippen LogP contribution is 2.36. The van der Waals surface area contributed by atoms with Gasteiger partial charge in [0.2, 0.25) is 0 Å². The molecule has 3 aromatic heterocycles. The van der Waals surface area contributed by atoms with Crippen molar-refractivity contribution in [2.24, 2.45) is 0 Å². The van der Waals surface area contributed by atoms with Crippen molar-refractivity contribution in [2.45, 2.75) is 95.5 Å². The van der Waals surface area contributed by atoms with Crippen LogP contribution in [0.2, 0.25) is 0 Å². The highest BCUT2D eigenvalue weighted by Gasteiger charge is 2.36. The van der Waals surface area contributed by atoms with Gasteiger partial charge >= 0.3 is 24.2 Å². The molecule has 376 valence electrons. The SMILES string of the molecule is CN1CCC[C@H]1COc1nc2c(c(N3CCN(C(=O)O)[C@@H](CC#N)C3)n1)CCNC2.Cc1ncc2ccccc2c1N1CCc2c(nc(OC[C@@H]3CCCN3C)nc2N2CCN(C(=O)O)[C@@H](CC#N)C2)C1. The van der Waals surface area contributed by atoms with E-state index in [2.05, 4.69) is 84.2 Å². The van der Waals surface area contributed by atoms with Crippen molar-refractivity contribution in [3.8, 4) is 24.2 Å². The first-order chi connectivity index (χ1) is 34.5. The average Bonchev–Trinajstić information content (AvgIpc) is 4.00. The minimum Gasteiger partial charge on any atom is -0.465 e. The van der Waals surface area contributed by atoms with Gasteiger partial charge in [-0.3, -0.25) is 4.98 Å². The first kappa shape index (κ1) is 49.2. The molecule has 0 unspecified atom stereocenters. The lowest BCUT2D eigenvalue weighted by Gasteiger charge is -2.41. The third kappa shape index (κ3) is 10.9. The van der Waals surface area contributed by atoms with Crippen LogP contribution in [0.3, 0.4) is 0 Å². The molecule has 0 bridgehead atoms. The number of carboxylic acid groups (broad SMARTS) is 2. The smallest absolute Gasteiger partial charge is 0.407 e. The Morgan fingerprint density at radius 2 is 1.28 bits per heavy atom. The molecular formula is C50H65N15O6. The van der Waals surface area contributed by atoms with E-state index < -0.39 is 18.2 Å². The predicted octanol–water partition coefficient (Wildman–Crippen LogP) is 4.13. The Morgan fingerprint density at radius 3 is 1.83 bits per heavy atom. The summed E-state index contributed by atoms with van der Waals surface area (Å²) in [7, 11) is 4.23. The zero-order valence-corrected chi connectivity index (χ0v) is 41.0. The number of hydrogen-bond donors (Lipinski definition) is 3. The summed E-state index contributed by atoms with van der Waals surface area (Å²) in [6, 6.07) is 13.3. The molecule has 4 atom stereocenters. The highest BCUT2D eigenvalue weighted by molar-refractivity contribution is 5.94. The summed E-state index contributed by atoms with van der Waals surface area (Å²) < 4.78 is 12.3. The molecule has 4 saturated heterocycles. The van der Waals surface area contributed by atoms with Crippen LogP contribution in [0.25, 0.3) is 10.8 Å². The molecule has 4 aromatic rings. The van der Waals surface area contributed by atoms with E-state index in [9.17, 15) is 25.1 Å². The number of piperazine rings is 2. The maximum absolute atomic E-state index is 11.8. The number of amides is 2. The Bertz CT molecular complexity index is 2660. The highest BCUT2D eigenvalue weighted by atomic mass is 16.5. The van der Waals surface area contributed by atoms with Crippen LogP contribution >= 0.6 is 0 Å². The van der Waals surface area contributed by atoms with E-state index in [1.54, 1.807) is 0 Å². The van der Waals surface area contributed by atoms with Crippen LogP contribution in [0.5, 0.6) is 12.0 Å². The van der Waals surface area contributed by atoms with Gasteiger partial charge in [-0.15, -0.1) is 0 Å². The van der Waals surface area contributed by atoms with Crippen molar-refractivity contribution < 1.29 is 29.3 Å². The number of benzene rings is 1. The second-order valence-corrected chi connectivity index (χ2v) is 19.4. The van der Waals surface area contributed by atoms with Crippen molar-refractivity contribution in [2.75, 3.05) is 107 Å². The number of aryl methyl sites for hydroxylation is 1. The number of nitrogens with zero attached hydrogens (tertiary/aromatic N) is 14. The van der Waals surface area contributed by atoms with Gasteiger partial charge in [-0.05, 0) is 79.2 Å². The fourth-order valence-electron chi connectivity index (χ4n) is 11.1. The molecule has 1 aromatic carbocycles. The molecule has 10 rings (SSSR count). The van der Waals surface area contributed by atoms with Crippen LogP contribution in [0.1, 0.15) is 66.7 Å². The minimum atomic E-state index is -0.992. The lowest BCUT2D eigenvalue weighted by molar-refractivity contribution is 0.118. The van der Waals surface area contributed by atoms with Crippen molar-refractivity contribution in [3.63, 3.8) is 0 Å². The number of nitrogens with one attached hydrogen (secondary N) is 1. The molecule has 0 radical (unpaired) electrons. The van der Waals surface area contributed by atoms with Crippen LogP contribution < -0.4 is 29.5 Å². The number of anilines is 3. The summed E-state index contributed by atoms with van der Waals surface area (Å²) in [5.74, 6) is 1.62. The number of pyridine rings is 1. The van der Waals surface area contributed by atoms with Crippen LogP contribution in [0, 0.1) is 29.6 Å². The van der Waals surface area contributed by atoms with Crippen LogP contribution in [-0.4, -0.2) is 184 Å². The topological polar surface area (TPSA) is 240 Å². The van der Waals surface area contributed by atoms with Gasteiger partial charge in [0, 0.05) is 92.5 Å². The first-order valence-electron chi connectivity index (χ1n) is 25.0. The molecule has 9 heterocycles. The summed E-state index contributed by atoms with van der Waals surface area (Å²) in [5.41, 5.74) is 6.12. The number of nitriles is 2. The number of hydrogen-bond acceptors (Lipinski definition) is 17. The lowest BCUT2D eigenvalue weighted by Crippen LogP contribution is -2.55. The van der Waals surface area contributed by atoms with Crippen LogP contribution in [-0.2, 0) is 25.9 Å². The van der Waals surface area contributed by atoms with Gasteiger partial charge in [0.15, 0.2) is 0 Å². The molecular weight excluding hydrogens is 907 g/mol. The maximum Gasteiger partial charge on any atom is 0.407 e. The fraction of sp³-hybridized carbons (Fsp3) is 0.580. The van der Waals surface area contributed by atoms with Crippen molar-refractivity contribution in [3.05, 3.63) is 58.7 Å². The Balaban J connectivity index is 0.000000185. The molecule has 6 aliphatic heterocycles. The molecule has 21 heteroatoms. The zero-order valence-electron chi connectivity index (χ0n) is 41.0. The second kappa shape index (κ2) is 22.1. The molecule has 0 aliphatic carbocycles. The summed E-state index contributed by atoms with van der Waals surface area (Å²) >= 11 is 0. The van der Waals surface area contributed by atoms with Crippen molar-refractivity contribution >= 4 is 40.3 Å². The largest absolute Gasteiger partial charge is 0.465 e. The van der Waals surface area contributed by atoms with E-state index >= 15 is 0 Å². The van der Waals surface area contributed by atoms with Gasteiger partial charge in [-0.25, -0.2) is 9.59 Å². The van der Waals surface area contributed by atoms with Crippen molar-refractivity contribution in [1.29, 1.82) is 10.5 Å². The summed E-state index contributed by atoms with van der Waals surface area (Å²) in [5, 5.41) is 43.3. The lowest BCUT2D eigenvalue weighted by atomic mass is 10.0. The summed E-state index contributed by atoms with van der Waals surface area (Å²) in [6.45, 7) is 10.7. The molecule has 3 N–H and O–H groups in total. The maximum atomic E-state index is 11.8. The third-order valence-corrected chi connectivity index (χ3v) is 15.1. The van der Waals surface area contributed by atoms with Crippen LogP contribution in [0.4, 0.5) is 26.9 Å². The number of fused-ring (bicyclic) bond motifs is 3. The Kier molecular flexibility index (Phi) is 15.3. The predicted molar refractivity (Wildman–Crippen MR) is 265 cm³/mol. The van der Waals surface area contributed by atoms with Crippen molar-refractivity contribution in [1.82, 2.24) is 49.8 Å². The summed E-state index contributed by atoms with van der Waals surface area (Å²) in [6.07, 6.45) is 6.34. The first-order valence-corrected chi connectivity index (χ1v) is 25.0. The van der Waals surface area contributed by atoms with E-state index in [1.807, 2.05) is 19.2 Å². The minimum absolute atomic E-state index is 0.134. The molecule has 21 nitrogen and oxygen atoms in total. The normalized spacial score (nSPS) is 22.5. The number of aromatic nitrogens is 5. The average molecular weight is 972 g/mol. The van der Waals surface area contributed by atoms with Gasteiger partial charge in [-0.1, -0.05) is 24.3 Å². The molecule has 71 heavy (non-hydrogen) atoms. The Hall–Kier alpha value is -6.81. The zero-order chi connectivity index (χ0) is 49.6. The third-order valence-electron chi connectivity index (χ3n) is 15.1. The van der Waals surface area contributed by atoms with E-state index in [0.29, 0.717) is 89.7 Å². The number of likely N-dealkylation sites (tertiary alicyclic amines) is 2. The van der Waals surface area contributed by atoms with Gasteiger partial charge in [0.1, 0.15) is 24.8 Å². The quantitative estimate of drug-likeness (QED) is 0.191. The Labute approximate surface area is 414 Å². The van der Waals surface area contributed by atoms with E-state index in [0.717, 1.165) is 109 Å². The number of carbonyl (C=O) groups is 2. The Morgan fingerprint density at radius 1 is 0.718 bits per heavy atom. The van der Waals surface area contributed by atoms with E-state index in [1.165, 1.54) is 21.6 Å². The van der Waals surface area contributed by atoms with Gasteiger partial charge in [-0.2, -0.15) is 30.5 Å². The number of likely N-dealkylation sites (N-methyl/N-ethyl adjacent to an activating group) is 2. The van der Waals surface area contributed by atoms with Gasteiger partial charge in [0.25, 0.3) is 0 Å². The van der Waals surface area contributed by atoms with Gasteiger partial charge in [0.05, 0.1) is 66.4 Å². The number of ether oxygens (including phenoxy) is 2. The molecule has 4 fully saturated rings. The molecule has 0 saturated carbocycles.